The van der Waals surface area contributed by atoms with Crippen LogP contribution >= 0.6 is 0 Å². The fraction of sp³-hybridized carbons (Fsp3) is 0.700. The van der Waals surface area contributed by atoms with Crippen molar-refractivity contribution in [2.45, 2.75) is 31.7 Å². The predicted molar refractivity (Wildman–Crippen MR) is 52.1 cm³/mol. The van der Waals surface area contributed by atoms with Gasteiger partial charge in [-0.3, -0.25) is 0 Å². The summed E-state index contributed by atoms with van der Waals surface area (Å²) in [5.74, 6) is 0.904. The van der Waals surface area contributed by atoms with Crippen LogP contribution in [-0.2, 0) is 12.8 Å². The highest BCUT2D eigenvalue weighted by molar-refractivity contribution is 5.10. The lowest BCUT2D eigenvalue weighted by Gasteiger charge is -2.25. The first kappa shape index (κ1) is 9.68. The van der Waals surface area contributed by atoms with Crippen LogP contribution < -0.4 is 0 Å². The molecule has 0 aliphatic carbocycles. The summed E-state index contributed by atoms with van der Waals surface area (Å²) in [5, 5.41) is 18.1. The smallest absolute Gasteiger partial charge is 0.111 e. The zero-order valence-electron chi connectivity index (χ0n) is 8.19. The Balaban J connectivity index is 2.31. The van der Waals surface area contributed by atoms with Crippen LogP contribution in [-0.4, -0.2) is 33.0 Å². The van der Waals surface area contributed by atoms with E-state index in [-0.39, 0.29) is 19.3 Å². The molecule has 78 valence electrons. The van der Waals surface area contributed by atoms with E-state index in [0.717, 1.165) is 25.1 Å². The van der Waals surface area contributed by atoms with Gasteiger partial charge < -0.3 is 14.8 Å². The third-order valence-electron chi connectivity index (χ3n) is 2.83. The third-order valence-corrected chi connectivity index (χ3v) is 2.83. The molecule has 1 aliphatic rings. The number of aliphatic hydroxyl groups is 2. The fourth-order valence-corrected chi connectivity index (χ4v) is 2.18. The van der Waals surface area contributed by atoms with Crippen molar-refractivity contribution in [2.24, 2.45) is 0 Å². The SMILES string of the molecule is OCCc1ncc2n1C(CO)CCC2. The lowest BCUT2D eigenvalue weighted by Crippen LogP contribution is -2.22. The molecule has 0 aromatic carbocycles. The molecule has 0 bridgehead atoms. The molecule has 0 fully saturated rings. The summed E-state index contributed by atoms with van der Waals surface area (Å²) < 4.78 is 2.10. The second-order valence-corrected chi connectivity index (χ2v) is 3.74. The zero-order valence-corrected chi connectivity index (χ0v) is 8.19. The Morgan fingerprint density at radius 3 is 3.07 bits per heavy atom. The second-order valence-electron chi connectivity index (χ2n) is 3.74. The van der Waals surface area contributed by atoms with Crippen LogP contribution in [0.3, 0.4) is 0 Å². The summed E-state index contributed by atoms with van der Waals surface area (Å²) >= 11 is 0. The Hall–Kier alpha value is -0.870. The maximum absolute atomic E-state index is 9.24. The maximum Gasteiger partial charge on any atom is 0.111 e. The van der Waals surface area contributed by atoms with Crippen molar-refractivity contribution in [3.8, 4) is 0 Å². The largest absolute Gasteiger partial charge is 0.396 e. The second kappa shape index (κ2) is 4.11. The van der Waals surface area contributed by atoms with Crippen LogP contribution in [0.4, 0.5) is 0 Å². The van der Waals surface area contributed by atoms with Gasteiger partial charge in [0.25, 0.3) is 0 Å². The Labute approximate surface area is 83.2 Å². The molecule has 1 aromatic rings. The van der Waals surface area contributed by atoms with Gasteiger partial charge in [-0.05, 0) is 19.3 Å². The number of aryl methyl sites for hydroxylation is 1. The Morgan fingerprint density at radius 1 is 1.50 bits per heavy atom. The normalized spacial score (nSPS) is 20.9. The zero-order chi connectivity index (χ0) is 9.97. The number of nitrogens with zero attached hydrogens (tertiary/aromatic N) is 2. The molecule has 1 aromatic heterocycles. The van der Waals surface area contributed by atoms with Gasteiger partial charge >= 0.3 is 0 Å². The Bertz CT molecular complexity index is 309. The monoisotopic (exact) mass is 196 g/mol. The van der Waals surface area contributed by atoms with Crippen LogP contribution in [0.2, 0.25) is 0 Å². The van der Waals surface area contributed by atoms with Gasteiger partial charge in [0.05, 0.1) is 19.3 Å². The highest BCUT2D eigenvalue weighted by atomic mass is 16.3. The highest BCUT2D eigenvalue weighted by Crippen LogP contribution is 2.26. The van der Waals surface area contributed by atoms with Crippen LogP contribution in [0.1, 0.15) is 30.4 Å². The number of aromatic nitrogens is 2. The molecule has 1 atom stereocenters. The molecule has 4 heteroatoms. The van der Waals surface area contributed by atoms with Gasteiger partial charge in [0, 0.05) is 18.3 Å². The molecule has 14 heavy (non-hydrogen) atoms. The molecule has 2 rings (SSSR count). The van der Waals surface area contributed by atoms with E-state index >= 15 is 0 Å². The summed E-state index contributed by atoms with van der Waals surface area (Å²) in [6.45, 7) is 0.288. The molecule has 0 radical (unpaired) electrons. The van der Waals surface area contributed by atoms with E-state index in [4.69, 9.17) is 5.11 Å². The lowest BCUT2D eigenvalue weighted by molar-refractivity contribution is 0.202. The molecule has 1 aliphatic heterocycles. The fourth-order valence-electron chi connectivity index (χ4n) is 2.18. The first-order valence-corrected chi connectivity index (χ1v) is 5.13. The molecule has 0 amide bonds. The molecular formula is C10H16N2O2. The quantitative estimate of drug-likeness (QED) is 0.730. The summed E-state index contributed by atoms with van der Waals surface area (Å²) in [6.07, 6.45) is 5.62. The van der Waals surface area contributed by atoms with Crippen LogP contribution in [0.15, 0.2) is 6.20 Å². The van der Waals surface area contributed by atoms with E-state index in [1.54, 1.807) is 0 Å². The average molecular weight is 196 g/mol. The molecule has 0 saturated carbocycles. The third kappa shape index (κ3) is 1.55. The summed E-state index contributed by atoms with van der Waals surface area (Å²) in [4.78, 5) is 4.28. The van der Waals surface area contributed by atoms with Gasteiger partial charge in [0.15, 0.2) is 0 Å². The highest BCUT2D eigenvalue weighted by Gasteiger charge is 2.21. The number of imidazole rings is 1. The van der Waals surface area contributed by atoms with Crippen molar-refractivity contribution >= 4 is 0 Å². The lowest BCUT2D eigenvalue weighted by atomic mass is 10.0. The molecule has 4 nitrogen and oxygen atoms in total. The number of rotatable bonds is 3. The minimum Gasteiger partial charge on any atom is -0.396 e. The predicted octanol–water partition coefficient (Wildman–Crippen LogP) is 0.288. The van der Waals surface area contributed by atoms with Gasteiger partial charge in [-0.25, -0.2) is 4.98 Å². The topological polar surface area (TPSA) is 58.3 Å². The minimum atomic E-state index is 0.120. The molecule has 1 unspecified atom stereocenters. The summed E-state index contributed by atoms with van der Waals surface area (Å²) in [5.41, 5.74) is 1.19. The van der Waals surface area contributed by atoms with E-state index < -0.39 is 0 Å². The van der Waals surface area contributed by atoms with Crippen molar-refractivity contribution in [3.05, 3.63) is 17.7 Å². The van der Waals surface area contributed by atoms with Crippen LogP contribution in [0, 0.1) is 0 Å². The average Bonchev–Trinajstić information content (AvgIpc) is 2.62. The van der Waals surface area contributed by atoms with Gasteiger partial charge in [0.2, 0.25) is 0 Å². The van der Waals surface area contributed by atoms with Crippen molar-refractivity contribution in [1.29, 1.82) is 0 Å². The van der Waals surface area contributed by atoms with Crippen molar-refractivity contribution < 1.29 is 10.2 Å². The molecule has 0 spiro atoms. The van der Waals surface area contributed by atoms with Crippen molar-refractivity contribution in [2.75, 3.05) is 13.2 Å². The summed E-state index contributed by atoms with van der Waals surface area (Å²) in [7, 11) is 0. The maximum atomic E-state index is 9.24. The summed E-state index contributed by atoms with van der Waals surface area (Å²) in [6, 6.07) is 0.169. The number of aliphatic hydroxyl groups excluding tert-OH is 2. The molecule has 2 N–H and O–H groups in total. The van der Waals surface area contributed by atoms with Gasteiger partial charge in [-0.1, -0.05) is 0 Å². The van der Waals surface area contributed by atoms with Crippen molar-refractivity contribution in [1.82, 2.24) is 9.55 Å². The van der Waals surface area contributed by atoms with E-state index in [2.05, 4.69) is 9.55 Å². The van der Waals surface area contributed by atoms with Crippen LogP contribution in [0.5, 0.6) is 0 Å². The first-order valence-electron chi connectivity index (χ1n) is 5.13. The number of hydrogen-bond donors (Lipinski definition) is 2. The van der Waals surface area contributed by atoms with Gasteiger partial charge in [-0.15, -0.1) is 0 Å². The molecule has 0 saturated heterocycles. The van der Waals surface area contributed by atoms with E-state index in [9.17, 15) is 5.11 Å². The van der Waals surface area contributed by atoms with E-state index in [1.165, 1.54) is 5.69 Å². The van der Waals surface area contributed by atoms with Gasteiger partial charge in [0.1, 0.15) is 5.82 Å². The standard InChI is InChI=1S/C10H16N2O2/c13-5-4-10-11-6-8-2-1-3-9(7-14)12(8)10/h6,9,13-14H,1-5,7H2. The van der Waals surface area contributed by atoms with Gasteiger partial charge in [-0.2, -0.15) is 0 Å². The van der Waals surface area contributed by atoms with Crippen molar-refractivity contribution in [3.63, 3.8) is 0 Å². The Kier molecular flexibility index (Phi) is 2.84. The molecule has 2 heterocycles. The molecular weight excluding hydrogens is 180 g/mol. The number of hydrogen-bond acceptors (Lipinski definition) is 3. The Morgan fingerprint density at radius 2 is 2.36 bits per heavy atom. The first-order chi connectivity index (χ1) is 6.86. The van der Waals surface area contributed by atoms with E-state index in [1.807, 2.05) is 6.20 Å². The van der Waals surface area contributed by atoms with E-state index in [0.29, 0.717) is 6.42 Å². The number of fused-ring (bicyclic) bond motifs is 1. The van der Waals surface area contributed by atoms with Crippen LogP contribution in [0.25, 0.3) is 0 Å². The minimum absolute atomic E-state index is 0.120.